The molecule has 0 aliphatic rings. The van der Waals surface area contributed by atoms with Gasteiger partial charge in [0.25, 0.3) is 0 Å². The highest BCUT2D eigenvalue weighted by Gasteiger charge is 1.97. The number of rotatable bonds is 3. The molecule has 0 N–H and O–H groups in total. The number of ether oxygens (including phenoxy) is 1. The van der Waals surface area contributed by atoms with Crippen LogP contribution < -0.4 is 4.74 Å². The Balaban J connectivity index is 0.000000921. The third-order valence-corrected chi connectivity index (χ3v) is 1.76. The largest absolute Gasteiger partial charge is 0.427 e. The monoisotopic (exact) mass is 228 g/mol. The molecule has 0 heterocycles. The topological polar surface area (TPSA) is 26.3 Å². The summed E-state index contributed by atoms with van der Waals surface area (Å²) < 4.78 is 4.88. The Morgan fingerprint density at radius 1 is 1.27 bits per heavy atom. The number of halogens is 1. The fraction of sp³-hybridized carbons (Fsp3) is 0.417. The maximum Gasteiger partial charge on any atom is 0.308 e. The molecule has 0 aliphatic carbocycles. The summed E-state index contributed by atoms with van der Waals surface area (Å²) >= 11 is 5.57. The Morgan fingerprint density at radius 3 is 2.20 bits per heavy atom. The number of carbonyl (C=O) groups excluding carboxylic acids is 1. The van der Waals surface area contributed by atoms with Crippen LogP contribution in [0.25, 0.3) is 0 Å². The Kier molecular flexibility index (Phi) is 7.74. The zero-order valence-electron chi connectivity index (χ0n) is 9.42. The second kappa shape index (κ2) is 8.30. The van der Waals surface area contributed by atoms with Crippen molar-refractivity contribution in [2.45, 2.75) is 27.2 Å². The van der Waals surface area contributed by atoms with Gasteiger partial charge in [0.15, 0.2) is 0 Å². The first kappa shape index (κ1) is 14.0. The van der Waals surface area contributed by atoms with Gasteiger partial charge in [-0.05, 0) is 24.1 Å². The van der Waals surface area contributed by atoms with E-state index in [1.165, 1.54) is 6.92 Å². The zero-order chi connectivity index (χ0) is 11.7. The summed E-state index contributed by atoms with van der Waals surface area (Å²) in [5.41, 5.74) is 1.14. The Bertz CT molecular complexity index is 280. The summed E-state index contributed by atoms with van der Waals surface area (Å²) in [4.78, 5) is 10.6. The summed E-state index contributed by atoms with van der Waals surface area (Å²) in [6.07, 6.45) is 0.835. The van der Waals surface area contributed by atoms with Crippen LogP contribution in [-0.4, -0.2) is 11.8 Å². The lowest BCUT2D eigenvalue weighted by atomic mass is 10.2. The number of hydrogen-bond acceptors (Lipinski definition) is 2. The maximum absolute atomic E-state index is 10.6. The second-order valence-electron chi connectivity index (χ2n) is 2.68. The molecule has 0 saturated heterocycles. The molecule has 0 atom stereocenters. The van der Waals surface area contributed by atoms with Crippen molar-refractivity contribution in [3.63, 3.8) is 0 Å². The minimum absolute atomic E-state index is 0.301. The van der Waals surface area contributed by atoms with Crippen molar-refractivity contribution in [3.8, 4) is 5.75 Å². The van der Waals surface area contributed by atoms with Crippen LogP contribution in [0.3, 0.4) is 0 Å². The zero-order valence-corrected chi connectivity index (χ0v) is 10.2. The van der Waals surface area contributed by atoms with Gasteiger partial charge in [0.1, 0.15) is 5.75 Å². The maximum atomic E-state index is 10.6. The standard InChI is InChI=1S/C10H11ClO2.C2H6/c1-8(12)13-10-4-2-9(3-5-10)6-7-11;1-2/h2-5H,6-7H2,1H3;1-2H3. The van der Waals surface area contributed by atoms with Crippen molar-refractivity contribution in [2.24, 2.45) is 0 Å². The molecule has 0 saturated carbocycles. The van der Waals surface area contributed by atoms with E-state index in [0.717, 1.165) is 12.0 Å². The molecule has 1 rings (SSSR count). The lowest BCUT2D eigenvalue weighted by Crippen LogP contribution is -2.01. The van der Waals surface area contributed by atoms with Crippen LogP contribution in [0.5, 0.6) is 5.75 Å². The van der Waals surface area contributed by atoms with Gasteiger partial charge in [-0.1, -0.05) is 26.0 Å². The molecule has 0 radical (unpaired) electrons. The van der Waals surface area contributed by atoms with E-state index < -0.39 is 0 Å². The Hall–Kier alpha value is -1.02. The van der Waals surface area contributed by atoms with E-state index in [1.807, 2.05) is 26.0 Å². The van der Waals surface area contributed by atoms with Crippen LogP contribution in [0.4, 0.5) is 0 Å². The van der Waals surface area contributed by atoms with Crippen molar-refractivity contribution >= 4 is 17.6 Å². The molecule has 0 spiro atoms. The van der Waals surface area contributed by atoms with Crippen LogP contribution in [0.1, 0.15) is 26.3 Å². The quantitative estimate of drug-likeness (QED) is 0.450. The minimum Gasteiger partial charge on any atom is -0.427 e. The third kappa shape index (κ3) is 6.13. The SMILES string of the molecule is CC.CC(=O)Oc1ccc(CCCl)cc1. The van der Waals surface area contributed by atoms with Gasteiger partial charge >= 0.3 is 5.97 Å². The lowest BCUT2D eigenvalue weighted by molar-refractivity contribution is -0.131. The highest BCUT2D eigenvalue weighted by Crippen LogP contribution is 2.12. The highest BCUT2D eigenvalue weighted by molar-refractivity contribution is 6.17. The number of alkyl halides is 1. The molecule has 0 bridgehead atoms. The van der Waals surface area contributed by atoms with Gasteiger partial charge in [-0.15, -0.1) is 11.6 Å². The number of esters is 1. The van der Waals surface area contributed by atoms with E-state index in [2.05, 4.69) is 0 Å². The van der Waals surface area contributed by atoms with E-state index in [1.54, 1.807) is 12.1 Å². The molecule has 1 aromatic rings. The first-order chi connectivity index (χ1) is 7.22. The number of hydrogen-bond donors (Lipinski definition) is 0. The van der Waals surface area contributed by atoms with Crippen molar-refractivity contribution in [1.82, 2.24) is 0 Å². The molecular weight excluding hydrogens is 212 g/mol. The molecule has 0 unspecified atom stereocenters. The van der Waals surface area contributed by atoms with Crippen LogP contribution in [0, 0.1) is 0 Å². The molecule has 0 fully saturated rings. The minimum atomic E-state index is -0.301. The first-order valence-electron chi connectivity index (χ1n) is 5.05. The van der Waals surface area contributed by atoms with Gasteiger partial charge in [0, 0.05) is 12.8 Å². The normalized spacial score (nSPS) is 8.80. The number of aryl methyl sites for hydroxylation is 1. The highest BCUT2D eigenvalue weighted by atomic mass is 35.5. The fourth-order valence-electron chi connectivity index (χ4n) is 0.999. The van der Waals surface area contributed by atoms with Gasteiger partial charge in [-0.25, -0.2) is 0 Å². The van der Waals surface area contributed by atoms with Gasteiger partial charge in [-0.2, -0.15) is 0 Å². The Morgan fingerprint density at radius 2 is 1.80 bits per heavy atom. The van der Waals surface area contributed by atoms with Crippen molar-refractivity contribution in [3.05, 3.63) is 29.8 Å². The van der Waals surface area contributed by atoms with Gasteiger partial charge < -0.3 is 4.74 Å². The van der Waals surface area contributed by atoms with Gasteiger partial charge in [0.2, 0.25) is 0 Å². The average molecular weight is 229 g/mol. The molecule has 15 heavy (non-hydrogen) atoms. The molecular formula is C12H17ClO2. The summed E-state index contributed by atoms with van der Waals surface area (Å²) in [6, 6.07) is 7.34. The van der Waals surface area contributed by atoms with Crippen LogP contribution >= 0.6 is 11.6 Å². The summed E-state index contributed by atoms with van der Waals surface area (Å²) in [6.45, 7) is 5.38. The predicted molar refractivity (Wildman–Crippen MR) is 63.5 cm³/mol. The summed E-state index contributed by atoms with van der Waals surface area (Å²) in [7, 11) is 0. The van der Waals surface area contributed by atoms with Crippen molar-refractivity contribution < 1.29 is 9.53 Å². The van der Waals surface area contributed by atoms with Crippen LogP contribution in [0.15, 0.2) is 24.3 Å². The fourth-order valence-corrected chi connectivity index (χ4v) is 1.22. The first-order valence-corrected chi connectivity index (χ1v) is 5.59. The lowest BCUT2D eigenvalue weighted by Gasteiger charge is -2.01. The molecule has 3 heteroatoms. The number of carbonyl (C=O) groups is 1. The van der Waals surface area contributed by atoms with E-state index in [0.29, 0.717) is 11.6 Å². The van der Waals surface area contributed by atoms with E-state index in [9.17, 15) is 4.79 Å². The third-order valence-electron chi connectivity index (χ3n) is 1.57. The molecule has 84 valence electrons. The smallest absolute Gasteiger partial charge is 0.308 e. The van der Waals surface area contributed by atoms with Gasteiger partial charge in [-0.3, -0.25) is 4.79 Å². The Labute approximate surface area is 96.2 Å². The number of benzene rings is 1. The predicted octanol–water partition coefficient (Wildman–Crippen LogP) is 3.42. The summed E-state index contributed by atoms with van der Waals surface area (Å²) in [5, 5.41) is 0. The molecule has 0 amide bonds. The van der Waals surface area contributed by atoms with Gasteiger partial charge in [0.05, 0.1) is 0 Å². The summed E-state index contributed by atoms with van der Waals surface area (Å²) in [5.74, 6) is 0.878. The van der Waals surface area contributed by atoms with E-state index in [4.69, 9.17) is 16.3 Å². The average Bonchev–Trinajstić information content (AvgIpc) is 2.24. The molecule has 0 aromatic heterocycles. The van der Waals surface area contributed by atoms with Crippen LogP contribution in [0.2, 0.25) is 0 Å². The molecule has 1 aromatic carbocycles. The van der Waals surface area contributed by atoms with Crippen LogP contribution in [-0.2, 0) is 11.2 Å². The molecule has 2 nitrogen and oxygen atoms in total. The van der Waals surface area contributed by atoms with E-state index in [-0.39, 0.29) is 5.97 Å². The van der Waals surface area contributed by atoms with E-state index >= 15 is 0 Å². The van der Waals surface area contributed by atoms with Crippen molar-refractivity contribution in [2.75, 3.05) is 5.88 Å². The van der Waals surface area contributed by atoms with Crippen molar-refractivity contribution in [1.29, 1.82) is 0 Å². The second-order valence-corrected chi connectivity index (χ2v) is 3.05. The molecule has 0 aliphatic heterocycles.